The molecule has 0 radical (unpaired) electrons. The van der Waals surface area contributed by atoms with Crippen molar-refractivity contribution in [3.63, 3.8) is 0 Å². The van der Waals surface area contributed by atoms with Crippen LogP contribution in [0.2, 0.25) is 22.7 Å². The molecule has 0 spiro atoms. The van der Waals surface area contributed by atoms with Crippen LogP contribution in [0.25, 0.3) is 10.4 Å². The summed E-state index contributed by atoms with van der Waals surface area (Å²) in [7, 11) is -1.26. The van der Waals surface area contributed by atoms with Gasteiger partial charge in [-0.15, -0.1) is 0 Å². The van der Waals surface area contributed by atoms with E-state index in [-0.39, 0.29) is 0 Å². The van der Waals surface area contributed by atoms with Gasteiger partial charge in [0.2, 0.25) is 0 Å². The molecule has 0 aromatic rings. The molecule has 0 aliphatic heterocycles. The highest BCUT2D eigenvalue weighted by Crippen LogP contribution is 2.44. The Hall–Kier alpha value is -0.473. The first kappa shape index (κ1) is 15.5. The van der Waals surface area contributed by atoms with Gasteiger partial charge in [-0.25, -0.2) is 0 Å². The van der Waals surface area contributed by atoms with E-state index in [1.54, 1.807) is 0 Å². The average Bonchev–Trinajstić information content (AvgIpc) is 2.16. The molecule has 0 rings (SSSR count). The molecule has 94 valence electrons. The Morgan fingerprint density at radius 1 is 1.00 bits per heavy atom. The van der Waals surface area contributed by atoms with Gasteiger partial charge in [-0.1, -0.05) is 75.7 Å². The lowest BCUT2D eigenvalue weighted by atomic mass is 10.5. The van der Waals surface area contributed by atoms with Crippen LogP contribution in [0.3, 0.4) is 0 Å². The average molecular weight is 241 g/mol. The van der Waals surface area contributed by atoms with Gasteiger partial charge >= 0.3 is 0 Å². The minimum absolute atomic E-state index is 0.664. The summed E-state index contributed by atoms with van der Waals surface area (Å²) in [6.45, 7) is 14.9. The number of hydrogen-bond donors (Lipinski definition) is 0. The van der Waals surface area contributed by atoms with Gasteiger partial charge in [-0.2, -0.15) is 0 Å². The van der Waals surface area contributed by atoms with Crippen molar-refractivity contribution in [1.82, 2.24) is 0 Å². The molecule has 0 amide bonds. The Kier molecular flexibility index (Phi) is 6.76. The minimum atomic E-state index is -1.26. The maximum absolute atomic E-state index is 8.29. The van der Waals surface area contributed by atoms with Crippen molar-refractivity contribution in [2.75, 3.05) is 6.54 Å². The smallest absolute Gasteiger partial charge is 0.0612 e. The van der Waals surface area contributed by atoms with Crippen LogP contribution in [0.4, 0.5) is 0 Å². The fourth-order valence-electron chi connectivity index (χ4n) is 3.37. The lowest BCUT2D eigenvalue weighted by Crippen LogP contribution is -2.44. The van der Waals surface area contributed by atoms with Crippen LogP contribution in [0.5, 0.6) is 0 Å². The molecule has 3 nitrogen and oxygen atoms in total. The lowest BCUT2D eigenvalue weighted by Gasteiger charge is -2.43. The number of azide groups is 1. The Labute approximate surface area is 101 Å². The van der Waals surface area contributed by atoms with Crippen molar-refractivity contribution in [2.24, 2.45) is 5.11 Å². The molecule has 0 aromatic heterocycles. The lowest BCUT2D eigenvalue weighted by molar-refractivity contribution is 0.767. The molecule has 0 saturated carbocycles. The highest BCUT2D eigenvalue weighted by molar-refractivity contribution is 6.83. The summed E-state index contributed by atoms with van der Waals surface area (Å²) in [6, 6.07) is 1.29. The van der Waals surface area contributed by atoms with Crippen LogP contribution in [0, 0.1) is 0 Å². The van der Waals surface area contributed by atoms with Crippen LogP contribution >= 0.6 is 0 Å². The van der Waals surface area contributed by atoms with Crippen molar-refractivity contribution in [1.29, 1.82) is 0 Å². The fraction of sp³-hybridized carbons (Fsp3) is 1.00. The van der Waals surface area contributed by atoms with E-state index in [1.165, 1.54) is 6.04 Å². The zero-order valence-electron chi connectivity index (χ0n) is 11.7. The minimum Gasteiger partial charge on any atom is -0.0940 e. The standard InChI is InChI=1S/C12H27N3Si/c1-10(2)16(11(3)4,12(5)6)9-7-8-14-15-13/h10-12H,7-9H2,1-6H3. The normalized spacial score (nSPS) is 12.3. The molecule has 4 heteroatoms. The third-order valence-corrected chi connectivity index (χ3v) is 11.8. The molecule has 16 heavy (non-hydrogen) atoms. The SMILES string of the molecule is CC(C)[Si](CCCN=[N+]=[N-])(C(C)C)C(C)C. The van der Waals surface area contributed by atoms with E-state index >= 15 is 0 Å². The quantitative estimate of drug-likeness (QED) is 0.189. The summed E-state index contributed by atoms with van der Waals surface area (Å²) in [4.78, 5) is 2.83. The monoisotopic (exact) mass is 241 g/mol. The second kappa shape index (κ2) is 6.97. The molecule has 0 aliphatic rings. The second-order valence-electron chi connectivity index (χ2n) is 5.63. The summed E-state index contributed by atoms with van der Waals surface area (Å²) in [5.41, 5.74) is 10.7. The molecule has 0 bridgehead atoms. The maximum atomic E-state index is 8.29. The van der Waals surface area contributed by atoms with Gasteiger partial charge in [-0.05, 0) is 5.53 Å². The molecule has 0 aliphatic carbocycles. The molecular formula is C12H27N3Si. The van der Waals surface area contributed by atoms with E-state index in [1.807, 2.05) is 0 Å². The Morgan fingerprint density at radius 3 is 1.75 bits per heavy atom. The Bertz CT molecular complexity index is 221. The predicted molar refractivity (Wildman–Crippen MR) is 74.5 cm³/mol. The van der Waals surface area contributed by atoms with Gasteiger partial charge in [0.05, 0.1) is 8.07 Å². The molecular weight excluding hydrogens is 214 g/mol. The van der Waals surface area contributed by atoms with Crippen molar-refractivity contribution in [2.45, 2.75) is 70.6 Å². The van der Waals surface area contributed by atoms with Crippen LogP contribution < -0.4 is 0 Å². The van der Waals surface area contributed by atoms with Crippen molar-refractivity contribution < 1.29 is 0 Å². The zero-order valence-corrected chi connectivity index (χ0v) is 12.7. The summed E-state index contributed by atoms with van der Waals surface area (Å²) >= 11 is 0. The molecule has 0 aromatic carbocycles. The molecule has 0 atom stereocenters. The molecule has 0 unspecified atom stereocenters. The van der Waals surface area contributed by atoms with E-state index in [0.29, 0.717) is 6.54 Å². The van der Waals surface area contributed by atoms with Gasteiger partial charge in [0.1, 0.15) is 0 Å². The number of hydrogen-bond acceptors (Lipinski definition) is 1. The van der Waals surface area contributed by atoms with Crippen molar-refractivity contribution in [3.8, 4) is 0 Å². The van der Waals surface area contributed by atoms with Crippen molar-refractivity contribution >= 4 is 8.07 Å². The first-order chi connectivity index (χ1) is 7.39. The molecule has 0 saturated heterocycles. The van der Waals surface area contributed by atoms with Gasteiger partial charge in [-0.3, -0.25) is 0 Å². The van der Waals surface area contributed by atoms with Gasteiger partial charge in [0.15, 0.2) is 0 Å². The topological polar surface area (TPSA) is 48.8 Å². The van der Waals surface area contributed by atoms with Crippen molar-refractivity contribution in [3.05, 3.63) is 10.4 Å². The Morgan fingerprint density at radius 2 is 1.44 bits per heavy atom. The largest absolute Gasteiger partial charge is 0.0940 e. The third kappa shape index (κ3) is 3.53. The first-order valence-electron chi connectivity index (χ1n) is 6.40. The third-order valence-electron chi connectivity index (χ3n) is 4.16. The summed E-state index contributed by atoms with van der Waals surface area (Å²) in [6.07, 6.45) is 1.06. The van der Waals surface area contributed by atoms with Gasteiger partial charge < -0.3 is 0 Å². The van der Waals surface area contributed by atoms with Crippen LogP contribution in [0.15, 0.2) is 5.11 Å². The molecule has 0 fully saturated rings. The maximum Gasteiger partial charge on any atom is 0.0612 e. The molecule has 0 heterocycles. The van der Waals surface area contributed by atoms with Crippen LogP contribution in [-0.2, 0) is 0 Å². The van der Waals surface area contributed by atoms with Gasteiger partial charge in [0, 0.05) is 11.5 Å². The van der Waals surface area contributed by atoms with Gasteiger partial charge in [0.25, 0.3) is 0 Å². The zero-order chi connectivity index (χ0) is 12.8. The highest BCUT2D eigenvalue weighted by atomic mass is 28.3. The fourth-order valence-corrected chi connectivity index (χ4v) is 9.87. The second-order valence-corrected chi connectivity index (χ2v) is 11.8. The summed E-state index contributed by atoms with van der Waals surface area (Å²) in [5, 5.41) is 3.66. The summed E-state index contributed by atoms with van der Waals surface area (Å²) < 4.78 is 0. The highest BCUT2D eigenvalue weighted by Gasteiger charge is 2.41. The van der Waals surface area contributed by atoms with Crippen LogP contribution in [0.1, 0.15) is 48.0 Å². The van der Waals surface area contributed by atoms with E-state index in [4.69, 9.17) is 5.53 Å². The summed E-state index contributed by atoms with van der Waals surface area (Å²) in [5.74, 6) is 0. The van der Waals surface area contributed by atoms with E-state index in [2.05, 4.69) is 51.6 Å². The number of nitrogens with zero attached hydrogens (tertiary/aromatic N) is 3. The first-order valence-corrected chi connectivity index (χ1v) is 8.84. The van der Waals surface area contributed by atoms with E-state index in [0.717, 1.165) is 23.0 Å². The molecule has 0 N–H and O–H groups in total. The Balaban J connectivity index is 4.70. The van der Waals surface area contributed by atoms with E-state index < -0.39 is 8.07 Å². The predicted octanol–water partition coefficient (Wildman–Crippen LogP) is 5.37. The van der Waals surface area contributed by atoms with E-state index in [9.17, 15) is 0 Å². The van der Waals surface area contributed by atoms with Crippen LogP contribution in [-0.4, -0.2) is 14.6 Å². The number of rotatable bonds is 7.